The zero-order valence-corrected chi connectivity index (χ0v) is 11.7. The van der Waals surface area contributed by atoms with Crippen LogP contribution in [0, 0.1) is 17.2 Å². The van der Waals surface area contributed by atoms with Crippen molar-refractivity contribution in [3.63, 3.8) is 0 Å². The zero-order valence-electron chi connectivity index (χ0n) is 11.7. The lowest BCUT2D eigenvalue weighted by Gasteiger charge is -2.29. The number of hydrogen-bond donors (Lipinski definition) is 0. The van der Waals surface area contributed by atoms with Gasteiger partial charge >= 0.3 is 0 Å². The van der Waals surface area contributed by atoms with E-state index < -0.39 is 0 Å². The van der Waals surface area contributed by atoms with Crippen molar-refractivity contribution in [3.05, 3.63) is 23.8 Å². The van der Waals surface area contributed by atoms with Crippen LogP contribution < -0.4 is 9.47 Å². The van der Waals surface area contributed by atoms with Crippen LogP contribution in [0.2, 0.25) is 0 Å². The maximum atomic E-state index is 9.31. The molecule has 2 atom stereocenters. The Balaban J connectivity index is 2.34. The second kappa shape index (κ2) is 5.94. The highest BCUT2D eigenvalue weighted by Gasteiger charge is 2.25. The minimum atomic E-state index is -0.0300. The minimum absolute atomic E-state index is 0.0300. The standard InChI is InChI=1S/C15H20N2O2/c1-4-11(10-16)15(17(2)3)12-5-6-13-14(9-12)19-8-7-18-13/h5-6,9,11,15H,4,7-8H2,1-3H3. The summed E-state index contributed by atoms with van der Waals surface area (Å²) in [5, 5.41) is 9.31. The Morgan fingerprint density at radius 2 is 1.95 bits per heavy atom. The first-order valence-electron chi connectivity index (χ1n) is 6.63. The van der Waals surface area contributed by atoms with E-state index in [0.717, 1.165) is 23.5 Å². The fourth-order valence-electron chi connectivity index (χ4n) is 2.52. The lowest BCUT2D eigenvalue weighted by atomic mass is 9.91. The van der Waals surface area contributed by atoms with Gasteiger partial charge in [-0.15, -0.1) is 0 Å². The number of hydrogen-bond acceptors (Lipinski definition) is 4. The molecule has 0 saturated heterocycles. The Hall–Kier alpha value is -1.73. The molecule has 0 N–H and O–H groups in total. The summed E-state index contributed by atoms with van der Waals surface area (Å²) in [4.78, 5) is 2.09. The molecule has 1 aromatic rings. The molecule has 19 heavy (non-hydrogen) atoms. The average Bonchev–Trinajstić information content (AvgIpc) is 2.43. The molecule has 1 heterocycles. The molecule has 0 radical (unpaired) electrons. The molecular weight excluding hydrogens is 240 g/mol. The highest BCUT2D eigenvalue weighted by molar-refractivity contribution is 5.45. The summed E-state index contributed by atoms with van der Waals surface area (Å²) >= 11 is 0. The lowest BCUT2D eigenvalue weighted by Crippen LogP contribution is -2.27. The Morgan fingerprint density at radius 3 is 2.53 bits per heavy atom. The molecule has 0 saturated carbocycles. The fraction of sp³-hybridized carbons (Fsp3) is 0.533. The molecule has 4 nitrogen and oxygen atoms in total. The van der Waals surface area contributed by atoms with E-state index in [1.54, 1.807) is 0 Å². The summed E-state index contributed by atoms with van der Waals surface area (Å²) < 4.78 is 11.1. The minimum Gasteiger partial charge on any atom is -0.486 e. The van der Waals surface area contributed by atoms with Crippen LogP contribution in [-0.4, -0.2) is 32.2 Å². The first-order valence-corrected chi connectivity index (χ1v) is 6.63. The smallest absolute Gasteiger partial charge is 0.161 e. The Morgan fingerprint density at radius 1 is 1.26 bits per heavy atom. The van der Waals surface area contributed by atoms with Gasteiger partial charge in [0.05, 0.1) is 18.0 Å². The monoisotopic (exact) mass is 260 g/mol. The summed E-state index contributed by atoms with van der Waals surface area (Å²) in [5.74, 6) is 1.54. The van der Waals surface area contributed by atoms with E-state index in [1.165, 1.54) is 0 Å². The van der Waals surface area contributed by atoms with Crippen molar-refractivity contribution < 1.29 is 9.47 Å². The van der Waals surface area contributed by atoms with Crippen molar-refractivity contribution in [2.45, 2.75) is 19.4 Å². The van der Waals surface area contributed by atoms with Crippen LogP contribution in [-0.2, 0) is 0 Å². The molecule has 4 heteroatoms. The molecule has 0 fully saturated rings. The summed E-state index contributed by atoms with van der Waals surface area (Å²) in [5.41, 5.74) is 1.10. The van der Waals surface area contributed by atoms with Crippen LogP contribution in [0.15, 0.2) is 18.2 Å². The molecule has 1 aliphatic rings. The Kier molecular flexibility index (Phi) is 4.28. The van der Waals surface area contributed by atoms with Gasteiger partial charge in [-0.25, -0.2) is 0 Å². The van der Waals surface area contributed by atoms with Crippen molar-refractivity contribution in [1.82, 2.24) is 4.90 Å². The molecule has 1 aromatic carbocycles. The summed E-state index contributed by atoms with van der Waals surface area (Å²) in [6.07, 6.45) is 0.827. The lowest BCUT2D eigenvalue weighted by molar-refractivity contribution is 0.170. The van der Waals surface area contributed by atoms with E-state index in [4.69, 9.17) is 9.47 Å². The van der Waals surface area contributed by atoms with E-state index >= 15 is 0 Å². The highest BCUT2D eigenvalue weighted by atomic mass is 16.6. The van der Waals surface area contributed by atoms with Crippen molar-refractivity contribution in [2.24, 2.45) is 5.92 Å². The van der Waals surface area contributed by atoms with Gasteiger partial charge < -0.3 is 14.4 Å². The van der Waals surface area contributed by atoms with Crippen molar-refractivity contribution >= 4 is 0 Å². The summed E-state index contributed by atoms with van der Waals surface area (Å²) in [7, 11) is 4.00. The number of benzene rings is 1. The molecule has 0 spiro atoms. The van der Waals surface area contributed by atoms with Crippen LogP contribution in [0.25, 0.3) is 0 Å². The highest BCUT2D eigenvalue weighted by Crippen LogP contribution is 2.36. The molecule has 1 aliphatic heterocycles. The normalized spacial score (nSPS) is 16.8. The molecule has 0 amide bonds. The van der Waals surface area contributed by atoms with Crippen LogP contribution in [0.1, 0.15) is 24.9 Å². The molecule has 0 aliphatic carbocycles. The summed E-state index contributed by atoms with van der Waals surface area (Å²) in [6, 6.07) is 8.43. The van der Waals surface area contributed by atoms with E-state index in [1.807, 2.05) is 39.2 Å². The van der Waals surface area contributed by atoms with Gasteiger partial charge in [0.2, 0.25) is 0 Å². The maximum Gasteiger partial charge on any atom is 0.161 e. The number of ether oxygens (including phenoxy) is 2. The molecule has 2 unspecified atom stereocenters. The first-order chi connectivity index (χ1) is 9.17. The van der Waals surface area contributed by atoms with Crippen LogP contribution in [0.3, 0.4) is 0 Å². The van der Waals surface area contributed by atoms with Gasteiger partial charge in [0.15, 0.2) is 11.5 Å². The van der Waals surface area contributed by atoms with Gasteiger partial charge in [-0.3, -0.25) is 0 Å². The van der Waals surface area contributed by atoms with Crippen molar-refractivity contribution in [2.75, 3.05) is 27.3 Å². The molecule has 0 aromatic heterocycles. The van der Waals surface area contributed by atoms with Crippen molar-refractivity contribution in [3.8, 4) is 17.6 Å². The quantitative estimate of drug-likeness (QED) is 0.834. The van der Waals surface area contributed by atoms with E-state index in [0.29, 0.717) is 13.2 Å². The topological polar surface area (TPSA) is 45.5 Å². The van der Waals surface area contributed by atoms with Crippen LogP contribution in [0.5, 0.6) is 11.5 Å². The molecule has 2 rings (SSSR count). The van der Waals surface area contributed by atoms with E-state index in [2.05, 4.69) is 11.0 Å². The maximum absolute atomic E-state index is 9.31. The molecular formula is C15H20N2O2. The summed E-state index contributed by atoms with van der Waals surface area (Å²) in [6.45, 7) is 3.22. The third kappa shape index (κ3) is 2.82. The van der Waals surface area contributed by atoms with Gasteiger partial charge in [0, 0.05) is 0 Å². The third-order valence-corrected chi connectivity index (χ3v) is 3.45. The average molecular weight is 260 g/mol. The molecule has 0 bridgehead atoms. The predicted octanol–water partition coefficient (Wildman–Crippen LogP) is 2.61. The second-order valence-electron chi connectivity index (χ2n) is 4.96. The first kappa shape index (κ1) is 13.7. The fourth-order valence-corrected chi connectivity index (χ4v) is 2.52. The Labute approximate surface area is 114 Å². The second-order valence-corrected chi connectivity index (χ2v) is 4.96. The van der Waals surface area contributed by atoms with Gasteiger partial charge in [0.1, 0.15) is 13.2 Å². The molecule has 102 valence electrons. The van der Waals surface area contributed by atoms with Gasteiger partial charge in [-0.1, -0.05) is 13.0 Å². The third-order valence-electron chi connectivity index (χ3n) is 3.45. The van der Waals surface area contributed by atoms with E-state index in [-0.39, 0.29) is 12.0 Å². The van der Waals surface area contributed by atoms with E-state index in [9.17, 15) is 5.26 Å². The number of nitrogens with zero attached hydrogens (tertiary/aromatic N) is 2. The van der Waals surface area contributed by atoms with Crippen molar-refractivity contribution in [1.29, 1.82) is 5.26 Å². The predicted molar refractivity (Wildman–Crippen MR) is 73.3 cm³/mol. The zero-order chi connectivity index (χ0) is 13.8. The van der Waals surface area contributed by atoms with Gasteiger partial charge in [-0.05, 0) is 38.2 Å². The van der Waals surface area contributed by atoms with Gasteiger partial charge in [0.25, 0.3) is 0 Å². The van der Waals surface area contributed by atoms with Gasteiger partial charge in [-0.2, -0.15) is 5.26 Å². The van der Waals surface area contributed by atoms with Crippen LogP contribution in [0.4, 0.5) is 0 Å². The SMILES string of the molecule is CCC(C#N)C(c1ccc2c(c1)OCCO2)N(C)C. The van der Waals surface area contributed by atoms with Crippen LogP contribution >= 0.6 is 0 Å². The number of fused-ring (bicyclic) bond motifs is 1. The Bertz CT molecular complexity index is 480. The largest absolute Gasteiger partial charge is 0.486 e. The number of nitriles is 1. The number of rotatable bonds is 4.